The van der Waals surface area contributed by atoms with E-state index in [9.17, 15) is 14.4 Å². The predicted molar refractivity (Wildman–Crippen MR) is 215 cm³/mol. The smallest absolute Gasteiger partial charge is 0.335 e. The van der Waals surface area contributed by atoms with Crippen LogP contribution in [0, 0.1) is 0 Å². The molecule has 1 N–H and O–H groups in total. The van der Waals surface area contributed by atoms with E-state index < -0.39 is 17.8 Å². The van der Waals surface area contributed by atoms with Crippen LogP contribution in [0.4, 0.5) is 16.2 Å². The third kappa shape index (κ3) is 6.76. The largest absolute Gasteiger partial charge is 0.493 e. The molecule has 0 aliphatic carbocycles. The fraction of sp³-hybridized carbons (Fsp3) is 0.186. The third-order valence-corrected chi connectivity index (χ3v) is 11.5. The SMILES string of the molecule is COc1cc(/C=C2\C(=O)NC(=O)N(c3cc4c5c(c3)[C@H](c3ccccc3)CCN5CC[C@@H]4c3ccccc3)C2=O)cc(Br)c1OCc1ccc(Cl)cc1Cl. The van der Waals surface area contributed by atoms with Crippen LogP contribution in [0.5, 0.6) is 11.5 Å². The molecule has 1 saturated heterocycles. The van der Waals surface area contributed by atoms with Crippen LogP contribution in [0.2, 0.25) is 10.0 Å². The number of barbiturate groups is 1. The lowest BCUT2D eigenvalue weighted by Gasteiger charge is -2.44. The maximum Gasteiger partial charge on any atom is 0.335 e. The summed E-state index contributed by atoms with van der Waals surface area (Å²) in [5, 5.41) is 3.40. The number of hydrogen-bond donors (Lipinski definition) is 1. The van der Waals surface area contributed by atoms with Gasteiger partial charge in [0.25, 0.3) is 11.8 Å². The molecule has 0 radical (unpaired) electrons. The van der Waals surface area contributed by atoms with E-state index in [1.165, 1.54) is 24.3 Å². The van der Waals surface area contributed by atoms with E-state index in [1.807, 2.05) is 48.5 Å². The quantitative estimate of drug-likeness (QED) is 0.124. The maximum absolute atomic E-state index is 14.4. The molecule has 0 unspecified atom stereocenters. The number of amides is 4. The van der Waals surface area contributed by atoms with Crippen molar-refractivity contribution in [2.75, 3.05) is 30.0 Å². The first kappa shape index (κ1) is 35.9. The highest BCUT2D eigenvalue weighted by Crippen LogP contribution is 2.50. The van der Waals surface area contributed by atoms with Gasteiger partial charge in [-0.05, 0) is 99.1 Å². The number of carbonyl (C=O) groups is 3. The minimum atomic E-state index is -0.798. The molecule has 11 heteroatoms. The second kappa shape index (κ2) is 15.0. The highest BCUT2D eigenvalue weighted by molar-refractivity contribution is 9.10. The lowest BCUT2D eigenvalue weighted by molar-refractivity contribution is -0.122. The van der Waals surface area contributed by atoms with Crippen LogP contribution in [-0.4, -0.2) is 38.0 Å². The van der Waals surface area contributed by atoms with E-state index >= 15 is 0 Å². The zero-order valence-corrected chi connectivity index (χ0v) is 32.2. The van der Waals surface area contributed by atoms with E-state index in [4.69, 9.17) is 32.7 Å². The average Bonchev–Trinajstić information content (AvgIpc) is 3.17. The van der Waals surface area contributed by atoms with E-state index in [-0.39, 0.29) is 24.0 Å². The van der Waals surface area contributed by atoms with Gasteiger partial charge in [-0.25, -0.2) is 9.69 Å². The molecule has 5 aromatic carbocycles. The molecule has 2 atom stereocenters. The van der Waals surface area contributed by atoms with Crippen LogP contribution in [-0.2, 0) is 16.2 Å². The van der Waals surface area contributed by atoms with Gasteiger partial charge in [0, 0.05) is 46.2 Å². The molecule has 3 aliphatic heterocycles. The number of benzene rings is 5. The summed E-state index contributed by atoms with van der Waals surface area (Å²) < 4.78 is 12.2. The molecule has 3 aliphatic rings. The lowest BCUT2D eigenvalue weighted by atomic mass is 9.76. The number of rotatable bonds is 8. The summed E-state index contributed by atoms with van der Waals surface area (Å²) >= 11 is 16.0. The Bertz CT molecular complexity index is 2260. The fourth-order valence-corrected chi connectivity index (χ4v) is 8.82. The zero-order chi connectivity index (χ0) is 37.5. The molecule has 5 aromatic rings. The Kier molecular flexibility index (Phi) is 9.96. The van der Waals surface area contributed by atoms with Gasteiger partial charge in [0.15, 0.2) is 11.5 Å². The molecular formula is C43H34BrCl2N3O5. The Balaban J connectivity index is 1.18. The van der Waals surface area contributed by atoms with Crippen molar-refractivity contribution >= 4 is 74.4 Å². The first-order chi connectivity index (χ1) is 26.2. The molecule has 3 heterocycles. The van der Waals surface area contributed by atoms with Crippen LogP contribution in [0.3, 0.4) is 0 Å². The number of anilines is 2. The number of carbonyl (C=O) groups excluding carboxylic acids is 3. The summed E-state index contributed by atoms with van der Waals surface area (Å²) in [6.45, 7) is 1.95. The van der Waals surface area contributed by atoms with E-state index in [2.05, 4.69) is 50.4 Å². The Labute approximate surface area is 331 Å². The fourth-order valence-electron chi connectivity index (χ4n) is 7.78. The molecular weight excluding hydrogens is 789 g/mol. The van der Waals surface area contributed by atoms with Crippen LogP contribution in [0.1, 0.15) is 58.1 Å². The molecule has 4 amide bonds. The van der Waals surface area contributed by atoms with Crippen molar-refractivity contribution in [2.24, 2.45) is 0 Å². The highest BCUT2D eigenvalue weighted by atomic mass is 79.9. The number of ether oxygens (including phenoxy) is 2. The predicted octanol–water partition coefficient (Wildman–Crippen LogP) is 9.89. The van der Waals surface area contributed by atoms with Crippen molar-refractivity contribution < 1.29 is 23.9 Å². The minimum Gasteiger partial charge on any atom is -0.493 e. The third-order valence-electron chi connectivity index (χ3n) is 10.3. The van der Waals surface area contributed by atoms with Crippen molar-refractivity contribution in [3.05, 3.63) is 157 Å². The number of urea groups is 1. The van der Waals surface area contributed by atoms with E-state index in [1.54, 1.807) is 30.3 Å². The van der Waals surface area contributed by atoms with E-state index in [0.717, 1.165) is 53.2 Å². The van der Waals surface area contributed by atoms with Crippen molar-refractivity contribution in [3.8, 4) is 11.5 Å². The average molecular weight is 824 g/mol. The molecule has 0 spiro atoms. The highest BCUT2D eigenvalue weighted by Gasteiger charge is 2.40. The monoisotopic (exact) mass is 821 g/mol. The topological polar surface area (TPSA) is 88.2 Å². The Hall–Kier alpha value is -5.09. The molecule has 0 bridgehead atoms. The van der Waals surface area contributed by atoms with Gasteiger partial charge in [-0.2, -0.15) is 0 Å². The maximum atomic E-state index is 14.4. The van der Waals surface area contributed by atoms with Crippen LogP contribution in [0.15, 0.2) is 113 Å². The summed E-state index contributed by atoms with van der Waals surface area (Å²) in [7, 11) is 1.49. The number of methoxy groups -OCH3 is 1. The van der Waals surface area contributed by atoms with Gasteiger partial charge in [0.2, 0.25) is 0 Å². The summed E-state index contributed by atoms with van der Waals surface area (Å²) in [6.07, 6.45) is 3.24. The molecule has 272 valence electrons. The Morgan fingerprint density at radius 1 is 0.833 bits per heavy atom. The number of halogens is 3. The van der Waals surface area contributed by atoms with Crippen LogP contribution in [0.25, 0.3) is 6.08 Å². The lowest BCUT2D eigenvalue weighted by Crippen LogP contribution is -2.54. The first-order valence-corrected chi connectivity index (χ1v) is 19.1. The summed E-state index contributed by atoms with van der Waals surface area (Å²) in [4.78, 5) is 44.9. The van der Waals surface area contributed by atoms with Gasteiger partial charge in [0.1, 0.15) is 12.2 Å². The second-order valence-corrected chi connectivity index (χ2v) is 15.2. The number of imide groups is 2. The zero-order valence-electron chi connectivity index (χ0n) is 29.2. The molecule has 8 nitrogen and oxygen atoms in total. The normalized spacial score (nSPS) is 18.7. The number of hydrogen-bond acceptors (Lipinski definition) is 6. The number of nitrogens with zero attached hydrogens (tertiary/aromatic N) is 2. The standard InChI is InChI=1S/C43H34BrCl2N3O5/c1-53-38-20-25(19-36(44)40(38)54-24-28-12-13-29(45)21-37(28)46)18-35-41(50)47-43(52)49(42(35)51)30-22-33-31(26-8-4-2-5-9-26)14-16-48-17-15-32(34(23-30)39(33)48)27-10-6-3-7-11-27/h2-13,18-23,31-32H,14-17,24H2,1H3,(H,47,50,52)/b35-18+/t31-,32+. The molecule has 0 saturated carbocycles. The van der Waals surface area contributed by atoms with Gasteiger partial charge < -0.3 is 14.4 Å². The summed E-state index contributed by atoms with van der Waals surface area (Å²) in [5.74, 6) is -0.628. The second-order valence-electron chi connectivity index (χ2n) is 13.5. The van der Waals surface area contributed by atoms with Crippen molar-refractivity contribution in [1.29, 1.82) is 0 Å². The van der Waals surface area contributed by atoms with Gasteiger partial charge in [-0.3, -0.25) is 14.9 Å². The minimum absolute atomic E-state index is 0.0616. The van der Waals surface area contributed by atoms with E-state index in [0.29, 0.717) is 37.3 Å². The van der Waals surface area contributed by atoms with Crippen molar-refractivity contribution in [3.63, 3.8) is 0 Å². The van der Waals surface area contributed by atoms with Crippen molar-refractivity contribution in [1.82, 2.24) is 5.32 Å². The van der Waals surface area contributed by atoms with Crippen LogP contribution >= 0.6 is 39.1 Å². The van der Waals surface area contributed by atoms with Gasteiger partial charge in [0.05, 0.1) is 17.3 Å². The molecule has 54 heavy (non-hydrogen) atoms. The number of nitrogens with one attached hydrogen (secondary N) is 1. The first-order valence-electron chi connectivity index (χ1n) is 17.6. The molecule has 0 aromatic heterocycles. The van der Waals surface area contributed by atoms with Gasteiger partial charge in [-0.1, -0.05) is 89.9 Å². The Morgan fingerprint density at radius 2 is 1.46 bits per heavy atom. The van der Waals surface area contributed by atoms with Crippen molar-refractivity contribution in [2.45, 2.75) is 31.3 Å². The van der Waals surface area contributed by atoms with Gasteiger partial charge >= 0.3 is 6.03 Å². The van der Waals surface area contributed by atoms with Crippen LogP contribution < -0.4 is 24.6 Å². The summed E-state index contributed by atoms with van der Waals surface area (Å²) in [5.41, 5.74) is 7.06. The summed E-state index contributed by atoms with van der Waals surface area (Å²) in [6, 6.07) is 32.3. The Morgan fingerprint density at radius 3 is 2.06 bits per heavy atom. The molecule has 8 rings (SSSR count). The van der Waals surface area contributed by atoms with Gasteiger partial charge in [-0.15, -0.1) is 0 Å². The molecule has 1 fully saturated rings.